The van der Waals surface area contributed by atoms with Gasteiger partial charge in [-0.25, -0.2) is 9.37 Å². The molecular weight excluding hydrogens is 561 g/mol. The van der Waals surface area contributed by atoms with E-state index >= 15 is 0 Å². The molecule has 2 spiro atoms. The molecule has 3 N–H and O–H groups in total. The lowest BCUT2D eigenvalue weighted by atomic mass is 9.32. The van der Waals surface area contributed by atoms with Crippen molar-refractivity contribution in [2.24, 2.45) is 33.5 Å². The summed E-state index contributed by atoms with van der Waals surface area (Å²) < 4.78 is 14.9. The van der Waals surface area contributed by atoms with Crippen LogP contribution in [0.2, 0.25) is 5.02 Å². The number of H-pyrrole nitrogens is 1. The van der Waals surface area contributed by atoms with Gasteiger partial charge in [-0.2, -0.15) is 5.10 Å². The van der Waals surface area contributed by atoms with E-state index in [4.69, 9.17) is 11.6 Å². The Balaban J connectivity index is 1.33. The number of aromatic amines is 1. The second kappa shape index (κ2) is 9.25. The minimum absolute atomic E-state index is 0.0404. The molecule has 8 rings (SSSR count). The molecule has 1 aromatic carbocycles. The summed E-state index contributed by atoms with van der Waals surface area (Å²) in [6.07, 6.45) is 13.1. The Morgan fingerprint density at radius 3 is 2.66 bits per heavy atom. The predicted octanol–water partition coefficient (Wildman–Crippen LogP) is 6.09. The lowest BCUT2D eigenvalue weighted by molar-refractivity contribution is -0.170. The summed E-state index contributed by atoms with van der Waals surface area (Å²) in [5, 5.41) is 30.9. The minimum Gasteiger partial charge on any atom is -0.393 e. The van der Waals surface area contributed by atoms with Crippen molar-refractivity contribution in [2.45, 2.75) is 82.1 Å². The largest absolute Gasteiger partial charge is 0.393 e. The molecule has 0 aliphatic heterocycles. The third kappa shape index (κ3) is 3.66. The standard InChI is InChI=1S/C32H37ClFN3O3S/c1-28-9-6-19(38)15-30(28)12-13-32(21(16-30)24(39)14-20-22(33)4-3-5-23(20)34)25(28)7-10-29(2)26(32)8-11-31(29,40)17-41-27-35-18-36-37-27/h3-5,12-13,16,18-19,25-26,38,40H,6-11,14-15,17H2,1-2H3,(H,35,36,37). The molecule has 2 bridgehead atoms. The van der Waals surface area contributed by atoms with Gasteiger partial charge >= 0.3 is 0 Å². The third-order valence-corrected chi connectivity index (χ3v) is 13.7. The van der Waals surface area contributed by atoms with Crippen molar-refractivity contribution in [2.75, 3.05) is 5.75 Å². The molecule has 41 heavy (non-hydrogen) atoms. The molecule has 3 fully saturated rings. The van der Waals surface area contributed by atoms with E-state index < -0.39 is 33.8 Å². The number of hydrogen-bond donors (Lipinski definition) is 3. The number of hydrogen-bond acceptors (Lipinski definition) is 6. The number of ketones is 1. The smallest absolute Gasteiger partial charge is 0.183 e. The SMILES string of the molecule is CC12CCC(O)CC13C=CC1(C(C(=O)Cc4c(F)cccc4Cl)=C3)C2CCC2(C)C1CCC2(O)CSc1ncn[nH]1. The Labute approximate surface area is 249 Å². The third-order valence-electron chi connectivity index (χ3n) is 12.3. The van der Waals surface area contributed by atoms with Gasteiger partial charge in [0, 0.05) is 44.6 Å². The highest BCUT2D eigenvalue weighted by atomic mass is 35.5. The molecule has 6 aliphatic carbocycles. The van der Waals surface area contributed by atoms with E-state index in [1.165, 1.54) is 24.2 Å². The van der Waals surface area contributed by atoms with E-state index in [1.807, 2.05) is 0 Å². The van der Waals surface area contributed by atoms with Crippen LogP contribution < -0.4 is 0 Å². The van der Waals surface area contributed by atoms with Crippen LogP contribution in [0.3, 0.4) is 0 Å². The number of Topliss-reactive ketones (excluding diaryl/α,β-unsaturated/α-hetero) is 1. The van der Waals surface area contributed by atoms with Crippen molar-refractivity contribution >= 4 is 29.1 Å². The molecule has 0 radical (unpaired) electrons. The fraction of sp³-hybridized carbons (Fsp3) is 0.594. The van der Waals surface area contributed by atoms with Gasteiger partial charge in [-0.15, -0.1) is 0 Å². The second-order valence-corrected chi connectivity index (χ2v) is 15.1. The summed E-state index contributed by atoms with van der Waals surface area (Å²) in [5.74, 6) is 0.142. The van der Waals surface area contributed by atoms with Gasteiger partial charge in [0.05, 0.1) is 11.7 Å². The predicted molar refractivity (Wildman–Crippen MR) is 156 cm³/mol. The van der Waals surface area contributed by atoms with Crippen molar-refractivity contribution in [3.05, 3.63) is 64.7 Å². The monoisotopic (exact) mass is 597 g/mol. The van der Waals surface area contributed by atoms with Crippen LogP contribution in [-0.2, 0) is 11.2 Å². The van der Waals surface area contributed by atoms with Crippen molar-refractivity contribution in [3.63, 3.8) is 0 Å². The van der Waals surface area contributed by atoms with E-state index in [1.54, 1.807) is 12.1 Å². The van der Waals surface area contributed by atoms with Gasteiger partial charge in [0.25, 0.3) is 0 Å². The second-order valence-electron chi connectivity index (χ2n) is 13.7. The van der Waals surface area contributed by atoms with Gasteiger partial charge in [0.15, 0.2) is 10.9 Å². The molecule has 2 aromatic rings. The number of rotatable bonds is 6. The van der Waals surface area contributed by atoms with Crippen molar-refractivity contribution in [1.82, 2.24) is 15.2 Å². The Morgan fingerprint density at radius 1 is 1.15 bits per heavy atom. The van der Waals surface area contributed by atoms with Gasteiger partial charge in [0.2, 0.25) is 0 Å². The van der Waals surface area contributed by atoms with Crippen LogP contribution in [0.1, 0.15) is 64.4 Å². The number of benzene rings is 1. The van der Waals surface area contributed by atoms with Crippen LogP contribution in [0, 0.1) is 39.3 Å². The topological polar surface area (TPSA) is 99.1 Å². The van der Waals surface area contributed by atoms with E-state index in [0.717, 1.165) is 37.7 Å². The zero-order valence-electron chi connectivity index (χ0n) is 23.5. The quantitative estimate of drug-likeness (QED) is 0.275. The molecule has 3 saturated carbocycles. The Kier molecular flexibility index (Phi) is 6.27. The van der Waals surface area contributed by atoms with Crippen LogP contribution in [0.5, 0.6) is 0 Å². The first kappa shape index (κ1) is 27.8. The Bertz CT molecular complexity index is 1450. The molecule has 1 aromatic heterocycles. The average molecular weight is 598 g/mol. The lowest BCUT2D eigenvalue weighted by Crippen LogP contribution is -2.67. The molecule has 218 valence electrons. The average Bonchev–Trinajstić information content (AvgIpc) is 3.55. The van der Waals surface area contributed by atoms with Crippen LogP contribution in [0.25, 0.3) is 0 Å². The van der Waals surface area contributed by atoms with Crippen LogP contribution in [-0.4, -0.2) is 48.6 Å². The number of nitrogens with zero attached hydrogens (tertiary/aromatic N) is 2. The highest BCUT2D eigenvalue weighted by Gasteiger charge is 2.74. The molecule has 0 saturated heterocycles. The van der Waals surface area contributed by atoms with Gasteiger partial charge in [-0.3, -0.25) is 9.89 Å². The number of allylic oxidation sites excluding steroid dienone is 4. The number of aliphatic hydroxyl groups is 2. The fourth-order valence-electron chi connectivity index (χ4n) is 10.0. The summed E-state index contributed by atoms with van der Waals surface area (Å²) in [6.45, 7) is 4.57. The normalized spacial score (nSPS) is 42.4. The highest BCUT2D eigenvalue weighted by Crippen LogP contribution is 2.78. The highest BCUT2D eigenvalue weighted by molar-refractivity contribution is 7.99. The number of fused-ring (bicyclic) bond motifs is 1. The number of carbonyl (C=O) groups excluding carboxylic acids is 1. The Hall–Kier alpha value is -2.00. The fourth-order valence-corrected chi connectivity index (χ4v) is 11.4. The summed E-state index contributed by atoms with van der Waals surface area (Å²) >= 11 is 7.89. The summed E-state index contributed by atoms with van der Waals surface area (Å²) in [7, 11) is 0. The number of aromatic nitrogens is 3. The van der Waals surface area contributed by atoms with Gasteiger partial charge in [-0.05, 0) is 74.3 Å². The van der Waals surface area contributed by atoms with Gasteiger partial charge < -0.3 is 10.2 Å². The maximum absolute atomic E-state index is 14.9. The summed E-state index contributed by atoms with van der Waals surface area (Å²) in [4.78, 5) is 18.7. The number of carbonyl (C=O) groups is 1. The summed E-state index contributed by atoms with van der Waals surface area (Å²) in [6, 6.07) is 4.54. The Morgan fingerprint density at radius 2 is 1.90 bits per heavy atom. The zero-order valence-corrected chi connectivity index (χ0v) is 25.1. The van der Waals surface area contributed by atoms with Crippen LogP contribution >= 0.6 is 23.4 Å². The van der Waals surface area contributed by atoms with E-state index in [9.17, 15) is 19.4 Å². The molecule has 6 nitrogen and oxygen atoms in total. The number of halogens is 2. The molecule has 0 amide bonds. The molecule has 8 unspecified atom stereocenters. The minimum atomic E-state index is -0.943. The molecular formula is C32H37ClFN3O3S. The van der Waals surface area contributed by atoms with Crippen molar-refractivity contribution in [3.8, 4) is 0 Å². The zero-order chi connectivity index (χ0) is 28.8. The lowest BCUT2D eigenvalue weighted by Gasteiger charge is -2.71. The van der Waals surface area contributed by atoms with E-state index in [2.05, 4.69) is 47.3 Å². The number of aliphatic hydroxyl groups excluding tert-OH is 1. The van der Waals surface area contributed by atoms with Crippen molar-refractivity contribution < 1.29 is 19.4 Å². The number of thioether (sulfide) groups is 1. The molecule has 1 heterocycles. The van der Waals surface area contributed by atoms with E-state index in [-0.39, 0.29) is 40.0 Å². The molecule has 9 heteroatoms. The summed E-state index contributed by atoms with van der Waals surface area (Å²) in [5.41, 5.74) is -1.52. The first-order valence-corrected chi connectivity index (χ1v) is 16.1. The maximum Gasteiger partial charge on any atom is 0.183 e. The number of nitrogens with one attached hydrogen (secondary N) is 1. The first-order chi connectivity index (χ1) is 19.5. The van der Waals surface area contributed by atoms with Gasteiger partial charge in [0.1, 0.15) is 12.1 Å². The first-order valence-electron chi connectivity index (χ1n) is 14.8. The van der Waals surface area contributed by atoms with E-state index in [0.29, 0.717) is 23.8 Å². The maximum atomic E-state index is 14.9. The van der Waals surface area contributed by atoms with Crippen LogP contribution in [0.4, 0.5) is 4.39 Å². The van der Waals surface area contributed by atoms with Crippen LogP contribution in [0.15, 0.2) is 53.5 Å². The molecule has 6 aliphatic rings. The molecule has 8 atom stereocenters. The van der Waals surface area contributed by atoms with Crippen molar-refractivity contribution in [1.29, 1.82) is 0 Å². The van der Waals surface area contributed by atoms with Gasteiger partial charge in [-0.1, -0.05) is 61.5 Å².